The van der Waals surface area contributed by atoms with E-state index in [4.69, 9.17) is 9.47 Å². The van der Waals surface area contributed by atoms with E-state index in [2.05, 4.69) is 12.2 Å². The van der Waals surface area contributed by atoms with Crippen molar-refractivity contribution in [1.82, 2.24) is 10.2 Å². The zero-order valence-corrected chi connectivity index (χ0v) is 13.2. The molecule has 5 nitrogen and oxygen atoms in total. The Bertz CT molecular complexity index is 482. The molecule has 21 heavy (non-hydrogen) atoms. The highest BCUT2D eigenvalue weighted by atomic mass is 16.5. The molecule has 5 heteroatoms. The molecule has 1 aromatic carbocycles. The summed E-state index contributed by atoms with van der Waals surface area (Å²) in [5.41, 5.74) is 0.512. The molecule has 0 aliphatic carbocycles. The first-order valence-corrected chi connectivity index (χ1v) is 7.29. The predicted octanol–water partition coefficient (Wildman–Crippen LogP) is 1.77. The first kappa shape index (κ1) is 15.6. The molecular weight excluding hydrogens is 268 g/mol. The normalized spacial score (nSPS) is 22.0. The second-order valence-corrected chi connectivity index (χ2v) is 5.45. The van der Waals surface area contributed by atoms with Crippen molar-refractivity contribution in [3.63, 3.8) is 0 Å². The Kier molecular flexibility index (Phi) is 5.07. The molecule has 0 spiro atoms. The number of likely N-dealkylation sites (tertiary alicyclic amines) is 1. The fourth-order valence-electron chi connectivity index (χ4n) is 2.98. The summed E-state index contributed by atoms with van der Waals surface area (Å²) in [5, 5.41) is 3.31. The number of methoxy groups -OCH3 is 2. The SMILES string of the molecule is CNC1CCN(C(=O)c2c(OC)cccc2OC)CC1C. The Morgan fingerprint density at radius 1 is 1.29 bits per heavy atom. The summed E-state index contributed by atoms with van der Waals surface area (Å²) in [7, 11) is 5.12. The van der Waals surface area contributed by atoms with Crippen LogP contribution in [0.25, 0.3) is 0 Å². The van der Waals surface area contributed by atoms with Crippen LogP contribution in [0.2, 0.25) is 0 Å². The highest BCUT2D eigenvalue weighted by Gasteiger charge is 2.30. The summed E-state index contributed by atoms with van der Waals surface area (Å²) in [5.74, 6) is 1.52. The topological polar surface area (TPSA) is 50.8 Å². The van der Waals surface area contributed by atoms with E-state index < -0.39 is 0 Å². The number of ether oxygens (including phenoxy) is 2. The number of carbonyl (C=O) groups excluding carboxylic acids is 1. The van der Waals surface area contributed by atoms with E-state index in [0.717, 1.165) is 19.5 Å². The van der Waals surface area contributed by atoms with Crippen molar-refractivity contribution in [2.45, 2.75) is 19.4 Å². The molecule has 1 aromatic rings. The van der Waals surface area contributed by atoms with Gasteiger partial charge in [0.2, 0.25) is 0 Å². The Morgan fingerprint density at radius 3 is 2.38 bits per heavy atom. The first-order valence-electron chi connectivity index (χ1n) is 7.29. The largest absolute Gasteiger partial charge is 0.496 e. The third-order valence-electron chi connectivity index (χ3n) is 4.20. The fraction of sp³-hybridized carbons (Fsp3) is 0.562. The van der Waals surface area contributed by atoms with Crippen molar-refractivity contribution in [2.75, 3.05) is 34.4 Å². The average Bonchev–Trinajstić information content (AvgIpc) is 2.53. The van der Waals surface area contributed by atoms with Gasteiger partial charge in [0.1, 0.15) is 17.1 Å². The summed E-state index contributed by atoms with van der Waals surface area (Å²) >= 11 is 0. The Morgan fingerprint density at radius 2 is 1.90 bits per heavy atom. The predicted molar refractivity (Wildman–Crippen MR) is 82.1 cm³/mol. The maximum Gasteiger partial charge on any atom is 0.261 e. The lowest BCUT2D eigenvalue weighted by Gasteiger charge is -2.37. The molecule has 1 aliphatic rings. The molecule has 1 saturated heterocycles. The maximum atomic E-state index is 12.8. The van der Waals surface area contributed by atoms with Gasteiger partial charge in [-0.2, -0.15) is 0 Å². The third kappa shape index (κ3) is 3.13. The van der Waals surface area contributed by atoms with Crippen LogP contribution in [0.3, 0.4) is 0 Å². The van der Waals surface area contributed by atoms with E-state index in [0.29, 0.717) is 29.0 Å². The number of hydrogen-bond donors (Lipinski definition) is 1. The van der Waals surface area contributed by atoms with Crippen LogP contribution in [0, 0.1) is 5.92 Å². The van der Waals surface area contributed by atoms with Crippen LogP contribution in [-0.4, -0.2) is 51.2 Å². The van der Waals surface area contributed by atoms with Crippen LogP contribution < -0.4 is 14.8 Å². The zero-order valence-electron chi connectivity index (χ0n) is 13.2. The first-order chi connectivity index (χ1) is 10.1. The van der Waals surface area contributed by atoms with E-state index in [1.807, 2.05) is 18.0 Å². The molecule has 0 saturated carbocycles. The van der Waals surface area contributed by atoms with Crippen LogP contribution in [0.4, 0.5) is 0 Å². The van der Waals surface area contributed by atoms with Gasteiger partial charge < -0.3 is 19.7 Å². The molecule has 1 amide bonds. The highest BCUT2D eigenvalue weighted by Crippen LogP contribution is 2.31. The molecule has 2 atom stereocenters. The van der Waals surface area contributed by atoms with Crippen molar-refractivity contribution >= 4 is 5.91 Å². The number of amides is 1. The summed E-state index contributed by atoms with van der Waals surface area (Å²) < 4.78 is 10.7. The molecule has 1 fully saturated rings. The van der Waals surface area contributed by atoms with Crippen LogP contribution in [-0.2, 0) is 0 Å². The van der Waals surface area contributed by atoms with Crippen molar-refractivity contribution < 1.29 is 14.3 Å². The molecule has 0 aromatic heterocycles. The van der Waals surface area contributed by atoms with Gasteiger partial charge in [0.05, 0.1) is 14.2 Å². The van der Waals surface area contributed by atoms with E-state index in [9.17, 15) is 4.79 Å². The standard InChI is InChI=1S/C16H24N2O3/c1-11-10-18(9-8-12(11)17-2)16(19)15-13(20-3)6-5-7-14(15)21-4/h5-7,11-12,17H,8-10H2,1-4H3. The zero-order chi connectivity index (χ0) is 15.4. The Hall–Kier alpha value is -1.75. The van der Waals surface area contributed by atoms with Gasteiger partial charge in [-0.05, 0) is 31.5 Å². The van der Waals surface area contributed by atoms with Gasteiger partial charge in [-0.1, -0.05) is 13.0 Å². The minimum Gasteiger partial charge on any atom is -0.496 e. The van der Waals surface area contributed by atoms with Gasteiger partial charge in [0.25, 0.3) is 5.91 Å². The number of nitrogens with one attached hydrogen (secondary N) is 1. The maximum absolute atomic E-state index is 12.8. The molecule has 1 aliphatic heterocycles. The van der Waals surface area contributed by atoms with E-state index in [-0.39, 0.29) is 5.91 Å². The summed E-state index contributed by atoms with van der Waals surface area (Å²) in [6.07, 6.45) is 0.959. The average molecular weight is 292 g/mol. The monoisotopic (exact) mass is 292 g/mol. The number of nitrogens with zero attached hydrogens (tertiary/aromatic N) is 1. The smallest absolute Gasteiger partial charge is 0.261 e. The lowest BCUT2D eigenvalue weighted by atomic mass is 9.93. The van der Waals surface area contributed by atoms with E-state index in [1.54, 1.807) is 26.4 Å². The molecular formula is C16H24N2O3. The second-order valence-electron chi connectivity index (χ2n) is 5.45. The van der Waals surface area contributed by atoms with Gasteiger partial charge in [-0.3, -0.25) is 4.79 Å². The van der Waals surface area contributed by atoms with Gasteiger partial charge in [0.15, 0.2) is 0 Å². The highest BCUT2D eigenvalue weighted by molar-refractivity contribution is 5.99. The van der Waals surface area contributed by atoms with Crippen molar-refractivity contribution in [1.29, 1.82) is 0 Å². The van der Waals surface area contributed by atoms with Crippen LogP contribution in [0.5, 0.6) is 11.5 Å². The van der Waals surface area contributed by atoms with Crippen molar-refractivity contribution in [3.8, 4) is 11.5 Å². The Balaban J connectivity index is 2.25. The summed E-state index contributed by atoms with van der Waals surface area (Å²) in [4.78, 5) is 14.7. The second kappa shape index (κ2) is 6.80. The third-order valence-corrected chi connectivity index (χ3v) is 4.20. The van der Waals surface area contributed by atoms with Gasteiger partial charge >= 0.3 is 0 Å². The minimum atomic E-state index is -0.0225. The quantitative estimate of drug-likeness (QED) is 0.919. The van der Waals surface area contributed by atoms with Crippen LogP contribution in [0.1, 0.15) is 23.7 Å². The number of piperidine rings is 1. The lowest BCUT2D eigenvalue weighted by molar-refractivity contribution is 0.0642. The molecule has 116 valence electrons. The van der Waals surface area contributed by atoms with Crippen LogP contribution >= 0.6 is 0 Å². The summed E-state index contributed by atoms with van der Waals surface area (Å²) in [6.45, 7) is 3.65. The van der Waals surface area contributed by atoms with Crippen molar-refractivity contribution in [2.24, 2.45) is 5.92 Å². The molecule has 1 heterocycles. The van der Waals surface area contributed by atoms with E-state index >= 15 is 0 Å². The van der Waals surface area contributed by atoms with Crippen molar-refractivity contribution in [3.05, 3.63) is 23.8 Å². The number of benzene rings is 1. The fourth-order valence-corrected chi connectivity index (χ4v) is 2.98. The van der Waals surface area contributed by atoms with Gasteiger partial charge in [-0.15, -0.1) is 0 Å². The minimum absolute atomic E-state index is 0.0225. The van der Waals surface area contributed by atoms with Gasteiger partial charge in [0, 0.05) is 19.1 Å². The number of carbonyl (C=O) groups is 1. The molecule has 2 unspecified atom stereocenters. The molecule has 0 bridgehead atoms. The molecule has 1 N–H and O–H groups in total. The molecule has 2 rings (SSSR count). The van der Waals surface area contributed by atoms with E-state index in [1.165, 1.54) is 0 Å². The van der Waals surface area contributed by atoms with Gasteiger partial charge in [-0.25, -0.2) is 0 Å². The lowest BCUT2D eigenvalue weighted by Crippen LogP contribution is -2.49. The Labute approximate surface area is 126 Å². The molecule has 0 radical (unpaired) electrons. The summed E-state index contributed by atoms with van der Waals surface area (Å²) in [6, 6.07) is 5.87. The number of rotatable bonds is 4. The van der Waals surface area contributed by atoms with Crippen LogP contribution in [0.15, 0.2) is 18.2 Å². The number of hydrogen-bond acceptors (Lipinski definition) is 4.